The minimum Gasteiger partial charge on any atom is -0.493 e. The van der Waals surface area contributed by atoms with E-state index < -0.39 is 0 Å². The summed E-state index contributed by atoms with van der Waals surface area (Å²) in [4.78, 5) is 5.16. The van der Waals surface area contributed by atoms with Crippen LogP contribution < -0.4 is 4.74 Å². The molecule has 0 spiro atoms. The molecule has 3 nitrogen and oxygen atoms in total. The number of rotatable bonds is 8. The summed E-state index contributed by atoms with van der Waals surface area (Å²) in [7, 11) is 0. The van der Waals surface area contributed by atoms with Crippen LogP contribution in [0.5, 0.6) is 5.75 Å². The van der Waals surface area contributed by atoms with Gasteiger partial charge in [0.15, 0.2) is 0 Å². The van der Waals surface area contributed by atoms with E-state index in [2.05, 4.69) is 72.2 Å². The predicted octanol–water partition coefficient (Wildman–Crippen LogP) is 5.12. The van der Waals surface area contributed by atoms with Gasteiger partial charge in [0.25, 0.3) is 0 Å². The molecule has 0 unspecified atom stereocenters. The van der Waals surface area contributed by atoms with Gasteiger partial charge >= 0.3 is 0 Å². The quantitative estimate of drug-likeness (QED) is 0.546. The lowest BCUT2D eigenvalue weighted by atomic mass is 10.1. The van der Waals surface area contributed by atoms with Gasteiger partial charge in [-0.3, -0.25) is 4.90 Å². The van der Waals surface area contributed by atoms with Crippen LogP contribution in [0.3, 0.4) is 0 Å². The summed E-state index contributed by atoms with van der Waals surface area (Å²) < 4.78 is 6.01. The van der Waals surface area contributed by atoms with E-state index in [0.29, 0.717) is 0 Å². The maximum atomic E-state index is 6.01. The molecule has 0 amide bonds. The minimum atomic E-state index is 0. The Morgan fingerprint density at radius 2 is 1.36 bits per heavy atom. The molecule has 156 valence electrons. The van der Waals surface area contributed by atoms with Gasteiger partial charge < -0.3 is 9.64 Å². The van der Waals surface area contributed by atoms with Gasteiger partial charge in [-0.25, -0.2) is 0 Å². The van der Waals surface area contributed by atoms with Crippen LogP contribution in [-0.4, -0.2) is 49.1 Å². The van der Waals surface area contributed by atoms with Crippen LogP contribution in [0.25, 0.3) is 0 Å². The molecule has 1 aliphatic rings. The van der Waals surface area contributed by atoms with Crippen LogP contribution in [0.2, 0.25) is 0 Å². The van der Waals surface area contributed by atoms with Crippen molar-refractivity contribution in [1.29, 1.82) is 0 Å². The summed E-state index contributed by atoms with van der Waals surface area (Å²) in [5, 5.41) is 0. The van der Waals surface area contributed by atoms with E-state index in [-0.39, 0.29) is 24.8 Å². The van der Waals surface area contributed by atoms with Crippen LogP contribution >= 0.6 is 24.8 Å². The highest BCUT2D eigenvalue weighted by Crippen LogP contribution is 2.22. The maximum Gasteiger partial charge on any atom is 0.125 e. The number of nitrogens with zero attached hydrogens (tertiary/aromatic N) is 2. The highest BCUT2D eigenvalue weighted by molar-refractivity contribution is 5.85. The third-order valence-corrected chi connectivity index (χ3v) is 5.24. The topological polar surface area (TPSA) is 15.7 Å². The number of aryl methyl sites for hydroxylation is 2. The van der Waals surface area contributed by atoms with Crippen LogP contribution in [0.1, 0.15) is 29.5 Å². The summed E-state index contributed by atoms with van der Waals surface area (Å²) in [5.74, 6) is 1.07. The molecule has 1 saturated heterocycles. The average Bonchev–Trinajstić information content (AvgIpc) is 2.66. The van der Waals surface area contributed by atoms with Gasteiger partial charge in [-0.1, -0.05) is 48.5 Å². The Morgan fingerprint density at radius 1 is 0.750 bits per heavy atom. The first-order chi connectivity index (χ1) is 12.7. The van der Waals surface area contributed by atoms with Crippen LogP contribution in [0, 0.1) is 13.8 Å². The number of piperazine rings is 1. The van der Waals surface area contributed by atoms with Crippen molar-refractivity contribution < 1.29 is 4.74 Å². The lowest BCUT2D eigenvalue weighted by Crippen LogP contribution is -2.46. The molecular weight excluding hydrogens is 391 g/mol. The Morgan fingerprint density at radius 3 is 2.00 bits per heavy atom. The van der Waals surface area contributed by atoms with E-state index >= 15 is 0 Å². The third-order valence-electron chi connectivity index (χ3n) is 5.24. The van der Waals surface area contributed by atoms with E-state index in [1.165, 1.54) is 55.8 Å². The number of hydrogen-bond donors (Lipinski definition) is 0. The molecule has 1 heterocycles. The Kier molecular flexibility index (Phi) is 11.6. The van der Waals surface area contributed by atoms with Gasteiger partial charge in [-0.15, -0.1) is 24.8 Å². The molecule has 0 N–H and O–H groups in total. The highest BCUT2D eigenvalue weighted by atomic mass is 35.5. The largest absolute Gasteiger partial charge is 0.493 e. The number of ether oxygens (including phenoxy) is 1. The Labute approximate surface area is 182 Å². The molecule has 1 fully saturated rings. The van der Waals surface area contributed by atoms with Crippen molar-refractivity contribution in [3.63, 3.8) is 0 Å². The van der Waals surface area contributed by atoms with E-state index in [4.69, 9.17) is 4.74 Å². The lowest BCUT2D eigenvalue weighted by molar-refractivity contribution is 0.124. The molecule has 0 saturated carbocycles. The Hall–Kier alpha value is -1.26. The zero-order valence-corrected chi connectivity index (χ0v) is 18.7. The van der Waals surface area contributed by atoms with Crippen molar-refractivity contribution in [1.82, 2.24) is 9.80 Å². The average molecular weight is 425 g/mol. The van der Waals surface area contributed by atoms with E-state index in [9.17, 15) is 0 Å². The molecule has 5 heteroatoms. The van der Waals surface area contributed by atoms with E-state index in [1.807, 2.05) is 0 Å². The van der Waals surface area contributed by atoms with Crippen LogP contribution in [-0.2, 0) is 6.54 Å². The molecule has 0 aromatic heterocycles. The Bertz CT molecular complexity index is 653. The summed E-state index contributed by atoms with van der Waals surface area (Å²) in [6.45, 7) is 12.1. The maximum absolute atomic E-state index is 6.01. The van der Waals surface area contributed by atoms with Gasteiger partial charge in [0.1, 0.15) is 5.75 Å². The van der Waals surface area contributed by atoms with Gasteiger partial charge in [-0.05, 0) is 49.9 Å². The molecule has 2 aromatic carbocycles. The molecule has 2 aromatic rings. The number of benzene rings is 2. The predicted molar refractivity (Wildman–Crippen MR) is 123 cm³/mol. The van der Waals surface area contributed by atoms with E-state index in [1.54, 1.807) is 0 Å². The lowest BCUT2D eigenvalue weighted by Gasteiger charge is -2.34. The minimum absolute atomic E-state index is 0. The fourth-order valence-electron chi connectivity index (χ4n) is 3.65. The summed E-state index contributed by atoms with van der Waals surface area (Å²) in [6.07, 6.45) is 2.33. The first kappa shape index (κ1) is 24.8. The normalized spacial score (nSPS) is 14.8. The second-order valence-corrected chi connectivity index (χ2v) is 7.38. The van der Waals surface area contributed by atoms with Crippen LogP contribution in [0.15, 0.2) is 48.5 Å². The second kappa shape index (κ2) is 13.1. The number of hydrogen-bond acceptors (Lipinski definition) is 3. The van der Waals surface area contributed by atoms with Crippen molar-refractivity contribution >= 4 is 24.8 Å². The molecule has 3 rings (SSSR count). The summed E-state index contributed by atoms with van der Waals surface area (Å²) in [6, 6.07) is 17.1. The molecular formula is C23H34Cl2N2O. The first-order valence-electron chi connectivity index (χ1n) is 9.90. The third kappa shape index (κ3) is 7.63. The molecule has 28 heavy (non-hydrogen) atoms. The van der Waals surface area contributed by atoms with Gasteiger partial charge in [0.2, 0.25) is 0 Å². The van der Waals surface area contributed by atoms with Crippen molar-refractivity contribution in [3.8, 4) is 5.75 Å². The standard InChI is InChI=1S/C23H32N2O.2ClH/c1-20-9-8-10-21(2)23(20)26-18-7-6-13-24-14-16-25(17-15-24)19-22-11-4-3-5-12-22;;/h3-5,8-12H,6-7,13-19H2,1-2H3;2*1H. The highest BCUT2D eigenvalue weighted by Gasteiger charge is 2.16. The van der Waals surface area contributed by atoms with Gasteiger partial charge in [0.05, 0.1) is 6.61 Å². The second-order valence-electron chi connectivity index (χ2n) is 7.38. The first-order valence-corrected chi connectivity index (χ1v) is 9.90. The van der Waals surface area contributed by atoms with E-state index in [0.717, 1.165) is 25.3 Å². The fourth-order valence-corrected chi connectivity index (χ4v) is 3.65. The SMILES string of the molecule is Cc1cccc(C)c1OCCCCN1CCN(Cc2ccccc2)CC1.Cl.Cl. The molecule has 0 radical (unpaired) electrons. The van der Waals surface area contributed by atoms with Crippen molar-refractivity contribution in [2.24, 2.45) is 0 Å². The zero-order valence-electron chi connectivity index (χ0n) is 17.1. The van der Waals surface area contributed by atoms with Gasteiger partial charge in [0, 0.05) is 32.7 Å². The van der Waals surface area contributed by atoms with Crippen molar-refractivity contribution in [2.75, 3.05) is 39.3 Å². The summed E-state index contributed by atoms with van der Waals surface area (Å²) >= 11 is 0. The molecule has 0 bridgehead atoms. The van der Waals surface area contributed by atoms with Crippen LogP contribution in [0.4, 0.5) is 0 Å². The van der Waals surface area contributed by atoms with Crippen molar-refractivity contribution in [3.05, 3.63) is 65.2 Å². The monoisotopic (exact) mass is 424 g/mol. The van der Waals surface area contributed by atoms with Gasteiger partial charge in [-0.2, -0.15) is 0 Å². The Balaban J connectivity index is 0.00000196. The fraction of sp³-hybridized carbons (Fsp3) is 0.478. The molecule has 0 atom stereocenters. The zero-order chi connectivity index (χ0) is 18.2. The van der Waals surface area contributed by atoms with Crippen molar-refractivity contribution in [2.45, 2.75) is 33.2 Å². The smallest absolute Gasteiger partial charge is 0.125 e. The number of unbranched alkanes of at least 4 members (excludes halogenated alkanes) is 1. The number of halogens is 2. The summed E-state index contributed by atoms with van der Waals surface area (Å²) in [5.41, 5.74) is 3.89. The number of para-hydroxylation sites is 1. The molecule has 0 aliphatic carbocycles. The molecule has 1 aliphatic heterocycles.